The van der Waals surface area contributed by atoms with E-state index in [4.69, 9.17) is 17.3 Å². The number of benzene rings is 1. The van der Waals surface area contributed by atoms with Gasteiger partial charge in [0, 0.05) is 6.20 Å². The lowest BCUT2D eigenvalue weighted by molar-refractivity contribution is 1.08. The normalized spacial score (nSPS) is 11.4. The summed E-state index contributed by atoms with van der Waals surface area (Å²) in [5, 5.41) is 8.70. The number of fused-ring (bicyclic) bond motifs is 1. The van der Waals surface area contributed by atoms with Crippen LogP contribution in [0.1, 0.15) is 11.4 Å². The van der Waals surface area contributed by atoms with E-state index in [1.807, 2.05) is 42.5 Å². The average Bonchev–Trinajstić information content (AvgIpc) is 2.81. The van der Waals surface area contributed by atoms with E-state index in [0.717, 1.165) is 5.56 Å². The topological polar surface area (TPSA) is 56.2 Å². The van der Waals surface area contributed by atoms with Crippen molar-refractivity contribution in [3.63, 3.8) is 0 Å². The monoisotopic (exact) mass is 270 g/mol. The number of pyridine rings is 1. The zero-order valence-corrected chi connectivity index (χ0v) is 10.7. The molecule has 0 fully saturated rings. The van der Waals surface area contributed by atoms with Crippen LogP contribution in [0, 0.1) is 0 Å². The van der Waals surface area contributed by atoms with Crippen LogP contribution in [0.15, 0.2) is 42.6 Å². The summed E-state index contributed by atoms with van der Waals surface area (Å²) in [5.74, 6) is 0.688. The van der Waals surface area contributed by atoms with Crippen LogP contribution in [0.3, 0.4) is 0 Å². The number of halogens is 1. The quantitative estimate of drug-likeness (QED) is 0.778. The van der Waals surface area contributed by atoms with E-state index in [1.165, 1.54) is 0 Å². The van der Waals surface area contributed by atoms with Crippen LogP contribution >= 0.6 is 11.6 Å². The maximum Gasteiger partial charge on any atom is 0.184 e. The van der Waals surface area contributed by atoms with Crippen LogP contribution in [-0.4, -0.2) is 14.6 Å². The van der Waals surface area contributed by atoms with Crippen molar-refractivity contribution in [1.29, 1.82) is 0 Å². The number of hydrogen-bond donors (Lipinski definition) is 1. The molecule has 2 N–H and O–H groups in total. The minimum atomic E-state index is 0.513. The summed E-state index contributed by atoms with van der Waals surface area (Å²) in [4.78, 5) is 0. The summed E-state index contributed by atoms with van der Waals surface area (Å²) in [6, 6.07) is 11.6. The van der Waals surface area contributed by atoms with Crippen molar-refractivity contribution in [3.05, 3.63) is 59.0 Å². The van der Waals surface area contributed by atoms with Crippen molar-refractivity contribution in [3.8, 4) is 0 Å². The molecule has 5 heteroatoms. The first-order valence-electron chi connectivity index (χ1n) is 5.77. The maximum atomic E-state index is 5.99. The van der Waals surface area contributed by atoms with Crippen molar-refractivity contribution < 1.29 is 0 Å². The zero-order valence-electron chi connectivity index (χ0n) is 9.99. The summed E-state index contributed by atoms with van der Waals surface area (Å²) in [5.41, 5.74) is 8.06. The minimum Gasteiger partial charge on any atom is -0.396 e. The molecule has 1 aromatic carbocycles. The van der Waals surface area contributed by atoms with Crippen LogP contribution in [-0.2, 0) is 0 Å². The predicted molar refractivity (Wildman–Crippen MR) is 77.8 cm³/mol. The highest BCUT2D eigenvalue weighted by atomic mass is 35.5. The second-order valence-corrected chi connectivity index (χ2v) is 4.55. The van der Waals surface area contributed by atoms with E-state index in [2.05, 4.69) is 10.2 Å². The van der Waals surface area contributed by atoms with Gasteiger partial charge in [-0.05, 0) is 17.7 Å². The van der Waals surface area contributed by atoms with Gasteiger partial charge in [0.05, 0.1) is 10.7 Å². The number of anilines is 1. The molecule has 0 atom stereocenters. The Bertz CT molecular complexity index is 747. The summed E-state index contributed by atoms with van der Waals surface area (Å²) in [6.45, 7) is 0. The fourth-order valence-corrected chi connectivity index (χ4v) is 2.06. The molecule has 0 unspecified atom stereocenters. The summed E-state index contributed by atoms with van der Waals surface area (Å²) < 4.78 is 1.77. The Morgan fingerprint density at radius 3 is 2.68 bits per heavy atom. The van der Waals surface area contributed by atoms with E-state index < -0.39 is 0 Å². The number of rotatable bonds is 2. The highest BCUT2D eigenvalue weighted by Gasteiger charge is 2.06. The Kier molecular flexibility index (Phi) is 2.93. The second kappa shape index (κ2) is 4.74. The third-order valence-electron chi connectivity index (χ3n) is 2.75. The van der Waals surface area contributed by atoms with Crippen molar-refractivity contribution in [1.82, 2.24) is 14.6 Å². The van der Waals surface area contributed by atoms with Crippen LogP contribution < -0.4 is 5.73 Å². The lowest BCUT2D eigenvalue weighted by atomic mass is 10.2. The number of nitrogens with zero attached hydrogens (tertiary/aromatic N) is 3. The molecule has 0 aliphatic carbocycles. The molecule has 2 heterocycles. The first-order valence-corrected chi connectivity index (χ1v) is 6.15. The van der Waals surface area contributed by atoms with Crippen LogP contribution in [0.5, 0.6) is 0 Å². The summed E-state index contributed by atoms with van der Waals surface area (Å²) in [7, 11) is 0. The Labute approximate surface area is 115 Å². The van der Waals surface area contributed by atoms with Gasteiger partial charge in [0.25, 0.3) is 0 Å². The number of aromatic nitrogens is 3. The van der Waals surface area contributed by atoms with Crippen LogP contribution in [0.4, 0.5) is 5.69 Å². The third-order valence-corrected chi connectivity index (χ3v) is 2.96. The van der Waals surface area contributed by atoms with E-state index in [0.29, 0.717) is 22.2 Å². The van der Waals surface area contributed by atoms with Gasteiger partial charge in [0.2, 0.25) is 0 Å². The molecule has 0 radical (unpaired) electrons. The molecule has 4 nitrogen and oxygen atoms in total. The van der Waals surface area contributed by atoms with Gasteiger partial charge in [0.1, 0.15) is 0 Å². The molecule has 0 spiro atoms. The smallest absolute Gasteiger partial charge is 0.184 e. The third kappa shape index (κ3) is 2.30. The van der Waals surface area contributed by atoms with Gasteiger partial charge in [-0.1, -0.05) is 48.0 Å². The lowest BCUT2D eigenvalue weighted by Crippen LogP contribution is -1.94. The van der Waals surface area contributed by atoms with Crippen molar-refractivity contribution in [2.24, 2.45) is 0 Å². The number of nitrogen functional groups attached to an aromatic ring is 1. The molecule has 3 aromatic rings. The number of nitrogens with two attached hydrogens (primary N) is 1. The van der Waals surface area contributed by atoms with Gasteiger partial charge in [-0.2, -0.15) is 0 Å². The fraction of sp³-hybridized carbons (Fsp3) is 0. The molecule has 0 amide bonds. The van der Waals surface area contributed by atoms with Gasteiger partial charge in [-0.3, -0.25) is 4.40 Å². The molecule has 3 rings (SSSR count). The Balaban J connectivity index is 2.04. The SMILES string of the molecule is Nc1cc(Cl)cn2c(/C=C/c3ccccc3)nnc12. The largest absolute Gasteiger partial charge is 0.396 e. The van der Waals surface area contributed by atoms with Crippen LogP contribution in [0.2, 0.25) is 5.02 Å². The van der Waals surface area contributed by atoms with E-state index in [-0.39, 0.29) is 0 Å². The zero-order chi connectivity index (χ0) is 13.2. The molecule has 19 heavy (non-hydrogen) atoms. The Hall–Kier alpha value is -2.33. The second-order valence-electron chi connectivity index (χ2n) is 4.11. The average molecular weight is 271 g/mol. The van der Waals surface area contributed by atoms with Crippen molar-refractivity contribution >= 4 is 35.1 Å². The first kappa shape index (κ1) is 11.7. The fourth-order valence-electron chi connectivity index (χ4n) is 1.85. The molecule has 0 aliphatic heterocycles. The highest BCUT2D eigenvalue weighted by molar-refractivity contribution is 6.30. The number of hydrogen-bond acceptors (Lipinski definition) is 3. The van der Waals surface area contributed by atoms with Gasteiger partial charge in [-0.15, -0.1) is 10.2 Å². The summed E-state index contributed by atoms with van der Waals surface area (Å²) >= 11 is 5.99. The molecule has 0 saturated carbocycles. The first-order chi connectivity index (χ1) is 9.24. The van der Waals surface area contributed by atoms with Crippen molar-refractivity contribution in [2.75, 3.05) is 5.73 Å². The molecular weight excluding hydrogens is 260 g/mol. The maximum absolute atomic E-state index is 5.99. The van der Waals surface area contributed by atoms with E-state index in [1.54, 1.807) is 16.7 Å². The van der Waals surface area contributed by atoms with Gasteiger partial charge in [-0.25, -0.2) is 0 Å². The van der Waals surface area contributed by atoms with E-state index >= 15 is 0 Å². The molecule has 0 saturated heterocycles. The van der Waals surface area contributed by atoms with Crippen LogP contribution in [0.25, 0.3) is 17.8 Å². The molecule has 0 bridgehead atoms. The van der Waals surface area contributed by atoms with Gasteiger partial charge < -0.3 is 5.73 Å². The summed E-state index contributed by atoms with van der Waals surface area (Å²) in [6.07, 6.45) is 5.59. The van der Waals surface area contributed by atoms with Crippen molar-refractivity contribution in [2.45, 2.75) is 0 Å². The molecular formula is C14H11ClN4. The lowest BCUT2D eigenvalue weighted by Gasteiger charge is -1.99. The Morgan fingerprint density at radius 2 is 1.89 bits per heavy atom. The molecule has 94 valence electrons. The van der Waals surface area contributed by atoms with E-state index in [9.17, 15) is 0 Å². The van der Waals surface area contributed by atoms with Gasteiger partial charge in [0.15, 0.2) is 11.5 Å². The highest BCUT2D eigenvalue weighted by Crippen LogP contribution is 2.19. The predicted octanol–water partition coefficient (Wildman–Crippen LogP) is 3.14. The van der Waals surface area contributed by atoms with Gasteiger partial charge >= 0.3 is 0 Å². The molecule has 0 aliphatic rings. The standard InChI is InChI=1S/C14H11ClN4/c15-11-8-12(16)14-18-17-13(19(14)9-11)7-6-10-4-2-1-3-5-10/h1-9H,16H2/b7-6+. The minimum absolute atomic E-state index is 0.513. The molecule has 2 aromatic heterocycles. The Morgan fingerprint density at radius 1 is 1.11 bits per heavy atom.